The second-order valence-corrected chi connectivity index (χ2v) is 4.91. The number of likely N-dealkylation sites (tertiary alicyclic amines) is 1. The number of carbonyl (C=O) groups is 1. The highest BCUT2D eigenvalue weighted by atomic mass is 35.5. The van der Waals surface area contributed by atoms with Gasteiger partial charge in [0.05, 0.1) is 0 Å². The number of aliphatic hydroxyl groups is 1. The van der Waals surface area contributed by atoms with E-state index in [9.17, 15) is 4.79 Å². The lowest BCUT2D eigenvalue weighted by atomic mass is 9.99. The van der Waals surface area contributed by atoms with Gasteiger partial charge in [-0.1, -0.05) is 0 Å². The summed E-state index contributed by atoms with van der Waals surface area (Å²) in [6.07, 6.45) is 7.07. The summed E-state index contributed by atoms with van der Waals surface area (Å²) in [5, 5.41) is 9.38. The molecule has 0 aromatic carbocycles. The van der Waals surface area contributed by atoms with Crippen molar-refractivity contribution in [2.75, 3.05) is 13.2 Å². The second kappa shape index (κ2) is 6.20. The van der Waals surface area contributed by atoms with Crippen LogP contribution >= 0.6 is 11.6 Å². The SMILES string of the molecule is O=C(Cn1ccnc1Cl)N1CCCCC1CCO. The fraction of sp³-hybridized carbons (Fsp3) is 0.667. The Hall–Kier alpha value is -1.07. The molecule has 1 aliphatic rings. The first kappa shape index (κ1) is 13.4. The minimum atomic E-state index is 0.0491. The third-order valence-electron chi connectivity index (χ3n) is 3.38. The molecule has 0 aliphatic carbocycles. The Balaban J connectivity index is 2.00. The lowest BCUT2D eigenvalue weighted by molar-refractivity contribution is -0.135. The molecule has 18 heavy (non-hydrogen) atoms. The average molecular weight is 272 g/mol. The molecule has 6 heteroatoms. The fourth-order valence-corrected chi connectivity index (χ4v) is 2.62. The first-order chi connectivity index (χ1) is 8.72. The van der Waals surface area contributed by atoms with Crippen LogP contribution in [0, 0.1) is 0 Å². The summed E-state index contributed by atoms with van der Waals surface area (Å²) < 4.78 is 1.63. The largest absolute Gasteiger partial charge is 0.396 e. The zero-order valence-electron chi connectivity index (χ0n) is 10.3. The van der Waals surface area contributed by atoms with Crippen LogP contribution in [0.3, 0.4) is 0 Å². The summed E-state index contributed by atoms with van der Waals surface area (Å²) in [7, 11) is 0. The minimum absolute atomic E-state index is 0.0491. The van der Waals surface area contributed by atoms with E-state index in [0.29, 0.717) is 11.7 Å². The number of aliphatic hydroxyl groups excluding tert-OH is 1. The maximum absolute atomic E-state index is 12.2. The van der Waals surface area contributed by atoms with Crippen LogP contribution in [0.4, 0.5) is 0 Å². The predicted molar refractivity (Wildman–Crippen MR) is 68.3 cm³/mol. The van der Waals surface area contributed by atoms with Gasteiger partial charge < -0.3 is 14.6 Å². The molecule has 1 aromatic heterocycles. The molecule has 100 valence electrons. The van der Waals surface area contributed by atoms with Gasteiger partial charge in [-0.3, -0.25) is 4.79 Å². The van der Waals surface area contributed by atoms with Crippen molar-refractivity contribution in [1.82, 2.24) is 14.5 Å². The molecule has 1 fully saturated rings. The van der Waals surface area contributed by atoms with E-state index in [1.165, 1.54) is 0 Å². The number of hydrogen-bond acceptors (Lipinski definition) is 3. The van der Waals surface area contributed by atoms with Crippen LogP contribution in [0.5, 0.6) is 0 Å². The Kier molecular flexibility index (Phi) is 4.60. The van der Waals surface area contributed by atoms with Crippen LogP contribution in [0.1, 0.15) is 25.7 Å². The Morgan fingerprint density at radius 2 is 2.39 bits per heavy atom. The van der Waals surface area contributed by atoms with E-state index in [-0.39, 0.29) is 25.1 Å². The number of piperidine rings is 1. The molecule has 1 saturated heterocycles. The zero-order valence-corrected chi connectivity index (χ0v) is 11.0. The highest BCUT2D eigenvalue weighted by molar-refractivity contribution is 6.28. The first-order valence-electron chi connectivity index (χ1n) is 6.29. The minimum Gasteiger partial charge on any atom is -0.396 e. The van der Waals surface area contributed by atoms with Gasteiger partial charge in [0.2, 0.25) is 11.2 Å². The molecule has 1 unspecified atom stereocenters. The molecule has 1 N–H and O–H groups in total. The van der Waals surface area contributed by atoms with Gasteiger partial charge in [0, 0.05) is 31.6 Å². The number of aromatic nitrogens is 2. The predicted octanol–water partition coefficient (Wildman–Crippen LogP) is 1.30. The number of carbonyl (C=O) groups excluding carboxylic acids is 1. The van der Waals surface area contributed by atoms with E-state index >= 15 is 0 Å². The summed E-state index contributed by atoms with van der Waals surface area (Å²) in [5.74, 6) is 0.0491. The van der Waals surface area contributed by atoms with E-state index in [1.54, 1.807) is 17.0 Å². The third kappa shape index (κ3) is 3.03. The molecule has 0 radical (unpaired) electrons. The van der Waals surface area contributed by atoms with E-state index < -0.39 is 0 Å². The van der Waals surface area contributed by atoms with Crippen molar-refractivity contribution in [2.24, 2.45) is 0 Å². The van der Waals surface area contributed by atoms with Gasteiger partial charge in [-0.05, 0) is 37.3 Å². The van der Waals surface area contributed by atoms with Crippen molar-refractivity contribution in [3.8, 4) is 0 Å². The van der Waals surface area contributed by atoms with Gasteiger partial charge in [-0.25, -0.2) is 4.98 Å². The number of hydrogen-bond donors (Lipinski definition) is 1. The van der Waals surface area contributed by atoms with Crippen LogP contribution in [-0.4, -0.2) is 44.7 Å². The summed E-state index contributed by atoms with van der Waals surface area (Å²) >= 11 is 5.86. The van der Waals surface area contributed by atoms with Crippen molar-refractivity contribution in [3.63, 3.8) is 0 Å². The summed E-state index contributed by atoms with van der Waals surface area (Å²) in [5.41, 5.74) is 0. The Morgan fingerprint density at radius 1 is 1.56 bits per heavy atom. The Labute approximate surface area is 111 Å². The smallest absolute Gasteiger partial charge is 0.242 e. The molecule has 0 saturated carbocycles. The van der Waals surface area contributed by atoms with Crippen molar-refractivity contribution < 1.29 is 9.90 Å². The molecule has 1 aliphatic heterocycles. The monoisotopic (exact) mass is 271 g/mol. The summed E-state index contributed by atoms with van der Waals surface area (Å²) in [6, 6.07) is 0.165. The lowest BCUT2D eigenvalue weighted by Crippen LogP contribution is -2.45. The summed E-state index contributed by atoms with van der Waals surface area (Å²) in [6.45, 7) is 1.12. The van der Waals surface area contributed by atoms with Crippen molar-refractivity contribution in [2.45, 2.75) is 38.3 Å². The number of imidazole rings is 1. The first-order valence-corrected chi connectivity index (χ1v) is 6.67. The second-order valence-electron chi connectivity index (χ2n) is 4.57. The molecular weight excluding hydrogens is 254 g/mol. The fourth-order valence-electron chi connectivity index (χ4n) is 2.44. The molecule has 5 nitrogen and oxygen atoms in total. The van der Waals surface area contributed by atoms with Gasteiger partial charge in [0.1, 0.15) is 6.54 Å². The topological polar surface area (TPSA) is 58.4 Å². The van der Waals surface area contributed by atoms with E-state index in [4.69, 9.17) is 16.7 Å². The Bertz CT molecular complexity index is 406. The quantitative estimate of drug-likeness (QED) is 0.898. The molecular formula is C12H18ClN3O2. The Morgan fingerprint density at radius 3 is 3.06 bits per heavy atom. The third-order valence-corrected chi connectivity index (χ3v) is 3.69. The van der Waals surface area contributed by atoms with Crippen molar-refractivity contribution >= 4 is 17.5 Å². The van der Waals surface area contributed by atoms with Gasteiger partial charge in [-0.15, -0.1) is 0 Å². The number of amides is 1. The normalized spacial score (nSPS) is 20.1. The van der Waals surface area contributed by atoms with Gasteiger partial charge >= 0.3 is 0 Å². The maximum atomic E-state index is 12.2. The van der Waals surface area contributed by atoms with Crippen LogP contribution in [0.2, 0.25) is 5.28 Å². The van der Waals surface area contributed by atoms with Crippen molar-refractivity contribution in [3.05, 3.63) is 17.7 Å². The molecule has 2 rings (SSSR count). The standard InChI is InChI=1S/C12H18ClN3O2/c13-12-14-5-7-15(12)9-11(18)16-6-2-1-3-10(16)4-8-17/h5,7,10,17H,1-4,6,8-9H2. The van der Waals surface area contributed by atoms with E-state index in [0.717, 1.165) is 25.8 Å². The molecule has 1 aromatic rings. The van der Waals surface area contributed by atoms with Crippen molar-refractivity contribution in [1.29, 1.82) is 0 Å². The van der Waals surface area contributed by atoms with Crippen LogP contribution in [-0.2, 0) is 11.3 Å². The van der Waals surface area contributed by atoms with Crippen LogP contribution in [0.25, 0.3) is 0 Å². The number of rotatable bonds is 4. The van der Waals surface area contributed by atoms with Crippen LogP contribution < -0.4 is 0 Å². The van der Waals surface area contributed by atoms with E-state index in [2.05, 4.69) is 4.98 Å². The molecule has 0 bridgehead atoms. The highest BCUT2D eigenvalue weighted by Gasteiger charge is 2.26. The lowest BCUT2D eigenvalue weighted by Gasteiger charge is -2.35. The molecule has 1 amide bonds. The molecule has 0 spiro atoms. The summed E-state index contributed by atoms with van der Waals surface area (Å²) in [4.78, 5) is 18.0. The van der Waals surface area contributed by atoms with Gasteiger partial charge in [0.15, 0.2) is 0 Å². The van der Waals surface area contributed by atoms with Gasteiger partial charge in [0.25, 0.3) is 0 Å². The number of halogens is 1. The zero-order chi connectivity index (χ0) is 13.0. The maximum Gasteiger partial charge on any atom is 0.242 e. The van der Waals surface area contributed by atoms with E-state index in [1.807, 2.05) is 4.90 Å². The molecule has 1 atom stereocenters. The average Bonchev–Trinajstić information content (AvgIpc) is 2.76. The highest BCUT2D eigenvalue weighted by Crippen LogP contribution is 2.20. The van der Waals surface area contributed by atoms with Gasteiger partial charge in [-0.2, -0.15) is 0 Å². The molecule has 2 heterocycles. The number of nitrogens with zero attached hydrogens (tertiary/aromatic N) is 3. The van der Waals surface area contributed by atoms with Crippen LogP contribution in [0.15, 0.2) is 12.4 Å².